The van der Waals surface area contributed by atoms with E-state index in [0.717, 1.165) is 32.6 Å². The molecule has 0 atom stereocenters. The number of hydrogen-bond acceptors (Lipinski definition) is 3. The lowest BCUT2D eigenvalue weighted by Gasteiger charge is -2.09. The van der Waals surface area contributed by atoms with Gasteiger partial charge in [-0.1, -0.05) is 66.7 Å². The van der Waals surface area contributed by atoms with E-state index in [1.165, 1.54) is 11.8 Å². The van der Waals surface area contributed by atoms with Crippen LogP contribution in [0.3, 0.4) is 0 Å². The van der Waals surface area contributed by atoms with Crippen LogP contribution < -0.4 is 10.6 Å². The van der Waals surface area contributed by atoms with E-state index in [9.17, 15) is 9.59 Å². The molecule has 0 aliphatic rings. The summed E-state index contributed by atoms with van der Waals surface area (Å²) in [4.78, 5) is 25.6. The molecule has 0 bridgehead atoms. The van der Waals surface area contributed by atoms with Crippen molar-refractivity contribution in [1.29, 1.82) is 0 Å². The average Bonchev–Trinajstić information content (AvgIpc) is 2.78. The molecule has 0 saturated carbocycles. The zero-order valence-electron chi connectivity index (χ0n) is 16.9. The number of rotatable bonds is 7. The zero-order chi connectivity index (χ0) is 21.5. The lowest BCUT2D eigenvalue weighted by atomic mass is 10.1. The monoisotopic (exact) mass is 426 g/mol. The Hall–Kier alpha value is -3.57. The molecule has 0 heterocycles. The van der Waals surface area contributed by atoms with Crippen LogP contribution in [0.1, 0.15) is 5.56 Å². The molecule has 4 aromatic carbocycles. The summed E-state index contributed by atoms with van der Waals surface area (Å²) in [6.07, 6.45) is 0.326. The van der Waals surface area contributed by atoms with Crippen molar-refractivity contribution in [2.24, 2.45) is 0 Å². The van der Waals surface area contributed by atoms with Crippen LogP contribution in [0.25, 0.3) is 10.8 Å². The third kappa shape index (κ3) is 5.96. The Kier molecular flexibility index (Phi) is 6.65. The molecule has 4 nitrogen and oxygen atoms in total. The summed E-state index contributed by atoms with van der Waals surface area (Å²) in [6, 6.07) is 31.1. The van der Waals surface area contributed by atoms with Crippen molar-refractivity contribution in [1.82, 2.24) is 0 Å². The predicted octanol–water partition coefficient (Wildman–Crippen LogP) is 5.75. The maximum Gasteiger partial charge on any atom is 0.234 e. The molecular weight excluding hydrogens is 404 g/mol. The Labute approximate surface area is 185 Å². The topological polar surface area (TPSA) is 58.2 Å². The zero-order valence-corrected chi connectivity index (χ0v) is 17.7. The van der Waals surface area contributed by atoms with Crippen molar-refractivity contribution in [3.63, 3.8) is 0 Å². The van der Waals surface area contributed by atoms with Crippen molar-refractivity contribution in [3.8, 4) is 0 Å². The van der Waals surface area contributed by atoms with E-state index in [4.69, 9.17) is 0 Å². The standard InChI is InChI=1S/C26H22N2O2S/c29-25(15-19-7-2-1-3-8-19)27-22-11-6-12-24(17-22)31-18-26(30)28-23-14-13-20-9-4-5-10-21(20)16-23/h1-14,16-17H,15,18H2,(H,27,29)(H,28,30). The maximum absolute atomic E-state index is 12.4. The van der Waals surface area contributed by atoms with Gasteiger partial charge in [-0.2, -0.15) is 0 Å². The lowest BCUT2D eigenvalue weighted by Crippen LogP contribution is -2.15. The normalized spacial score (nSPS) is 10.6. The molecule has 0 radical (unpaired) electrons. The first-order valence-electron chi connectivity index (χ1n) is 10.0. The number of nitrogens with one attached hydrogen (secondary N) is 2. The molecule has 0 aliphatic carbocycles. The van der Waals surface area contributed by atoms with Gasteiger partial charge in [-0.3, -0.25) is 9.59 Å². The first kappa shape index (κ1) is 20.7. The summed E-state index contributed by atoms with van der Waals surface area (Å²) in [7, 11) is 0. The molecule has 4 aromatic rings. The fourth-order valence-electron chi connectivity index (χ4n) is 3.26. The van der Waals surface area contributed by atoms with Gasteiger partial charge in [0.25, 0.3) is 0 Å². The molecule has 0 aromatic heterocycles. The highest BCUT2D eigenvalue weighted by Crippen LogP contribution is 2.23. The Balaban J connectivity index is 1.31. The van der Waals surface area contributed by atoms with Gasteiger partial charge in [-0.25, -0.2) is 0 Å². The molecule has 31 heavy (non-hydrogen) atoms. The quantitative estimate of drug-likeness (QED) is 0.370. The summed E-state index contributed by atoms with van der Waals surface area (Å²) in [5.41, 5.74) is 2.47. The van der Waals surface area contributed by atoms with Crippen LogP contribution in [-0.2, 0) is 16.0 Å². The Bertz CT molecular complexity index is 1210. The van der Waals surface area contributed by atoms with Crippen LogP contribution in [-0.4, -0.2) is 17.6 Å². The number of carbonyl (C=O) groups is 2. The summed E-state index contributed by atoms with van der Waals surface area (Å²) >= 11 is 1.43. The number of thioether (sulfide) groups is 1. The Morgan fingerprint density at radius 3 is 2.19 bits per heavy atom. The fraction of sp³-hybridized carbons (Fsp3) is 0.0769. The highest BCUT2D eigenvalue weighted by molar-refractivity contribution is 8.00. The number of fused-ring (bicyclic) bond motifs is 1. The van der Waals surface area contributed by atoms with Gasteiger partial charge in [0.15, 0.2) is 0 Å². The van der Waals surface area contributed by atoms with E-state index < -0.39 is 0 Å². The number of hydrogen-bond donors (Lipinski definition) is 2. The van der Waals surface area contributed by atoms with Gasteiger partial charge >= 0.3 is 0 Å². The summed E-state index contributed by atoms with van der Waals surface area (Å²) in [5, 5.41) is 8.10. The van der Waals surface area contributed by atoms with Crippen LogP contribution in [0.5, 0.6) is 0 Å². The molecule has 4 rings (SSSR count). The van der Waals surface area contributed by atoms with Crippen molar-refractivity contribution in [2.45, 2.75) is 11.3 Å². The molecule has 0 saturated heterocycles. The van der Waals surface area contributed by atoms with Crippen LogP contribution in [0.4, 0.5) is 11.4 Å². The average molecular weight is 427 g/mol. The minimum absolute atomic E-state index is 0.0672. The fourth-order valence-corrected chi connectivity index (χ4v) is 4.02. The number of carbonyl (C=O) groups excluding carboxylic acids is 2. The second-order valence-corrected chi connectivity index (χ2v) is 8.19. The number of anilines is 2. The highest BCUT2D eigenvalue weighted by Gasteiger charge is 2.07. The van der Waals surface area contributed by atoms with Crippen molar-refractivity contribution in [2.75, 3.05) is 16.4 Å². The van der Waals surface area contributed by atoms with Gasteiger partial charge in [0, 0.05) is 16.3 Å². The molecule has 0 aliphatic heterocycles. The molecule has 2 amide bonds. The molecule has 154 valence electrons. The summed E-state index contributed by atoms with van der Waals surface area (Å²) in [5.74, 6) is 0.148. The van der Waals surface area contributed by atoms with Gasteiger partial charge in [-0.05, 0) is 46.7 Å². The third-order valence-electron chi connectivity index (χ3n) is 4.73. The van der Waals surface area contributed by atoms with E-state index in [1.807, 2.05) is 97.1 Å². The summed E-state index contributed by atoms with van der Waals surface area (Å²) < 4.78 is 0. The second-order valence-electron chi connectivity index (χ2n) is 7.14. The van der Waals surface area contributed by atoms with Crippen molar-refractivity contribution < 1.29 is 9.59 Å². The van der Waals surface area contributed by atoms with E-state index in [2.05, 4.69) is 10.6 Å². The van der Waals surface area contributed by atoms with Gasteiger partial charge in [0.05, 0.1) is 12.2 Å². The van der Waals surface area contributed by atoms with Crippen molar-refractivity contribution in [3.05, 3.63) is 103 Å². The first-order chi connectivity index (χ1) is 15.2. The minimum Gasteiger partial charge on any atom is -0.326 e. The van der Waals surface area contributed by atoms with Gasteiger partial charge in [0.1, 0.15) is 0 Å². The third-order valence-corrected chi connectivity index (χ3v) is 5.72. The van der Waals surface area contributed by atoms with Crippen molar-refractivity contribution >= 4 is 45.7 Å². The van der Waals surface area contributed by atoms with E-state index >= 15 is 0 Å². The van der Waals surface area contributed by atoms with E-state index in [-0.39, 0.29) is 17.6 Å². The summed E-state index contributed by atoms with van der Waals surface area (Å²) in [6.45, 7) is 0. The SMILES string of the molecule is O=C(CSc1cccc(NC(=O)Cc2ccccc2)c1)Nc1ccc2ccccc2c1. The molecular formula is C26H22N2O2S. The van der Waals surface area contributed by atoms with Gasteiger partial charge in [0.2, 0.25) is 11.8 Å². The van der Waals surface area contributed by atoms with Gasteiger partial charge in [-0.15, -0.1) is 11.8 Å². The molecule has 2 N–H and O–H groups in total. The molecule has 5 heteroatoms. The molecule has 0 unspecified atom stereocenters. The number of benzene rings is 4. The largest absolute Gasteiger partial charge is 0.326 e. The highest BCUT2D eigenvalue weighted by atomic mass is 32.2. The smallest absolute Gasteiger partial charge is 0.234 e. The van der Waals surface area contributed by atoms with E-state index in [1.54, 1.807) is 0 Å². The minimum atomic E-state index is -0.0706. The second kappa shape index (κ2) is 9.96. The number of amides is 2. The Morgan fingerprint density at radius 1 is 0.645 bits per heavy atom. The lowest BCUT2D eigenvalue weighted by molar-refractivity contribution is -0.115. The Morgan fingerprint density at radius 2 is 1.35 bits per heavy atom. The molecule has 0 fully saturated rings. The van der Waals surface area contributed by atoms with Crippen LogP contribution in [0.2, 0.25) is 0 Å². The van der Waals surface area contributed by atoms with Crippen LogP contribution in [0, 0.1) is 0 Å². The predicted molar refractivity (Wildman–Crippen MR) is 129 cm³/mol. The molecule has 0 spiro atoms. The first-order valence-corrected chi connectivity index (χ1v) is 11.0. The van der Waals surface area contributed by atoms with E-state index in [0.29, 0.717) is 6.42 Å². The maximum atomic E-state index is 12.4. The van der Waals surface area contributed by atoms with Gasteiger partial charge < -0.3 is 10.6 Å². The van der Waals surface area contributed by atoms with Crippen LogP contribution >= 0.6 is 11.8 Å². The van der Waals surface area contributed by atoms with Crippen LogP contribution in [0.15, 0.2) is 102 Å².